The van der Waals surface area contributed by atoms with E-state index in [2.05, 4.69) is 10.0 Å². The second-order valence-electron chi connectivity index (χ2n) is 4.97. The van der Waals surface area contributed by atoms with Crippen LogP contribution in [0.15, 0.2) is 23.1 Å². The van der Waals surface area contributed by atoms with Gasteiger partial charge in [0.15, 0.2) is 0 Å². The Hall–Kier alpha value is -1.51. The van der Waals surface area contributed by atoms with E-state index >= 15 is 0 Å². The molecule has 0 bridgehead atoms. The highest BCUT2D eigenvalue weighted by Crippen LogP contribution is 2.20. The first-order valence-corrected chi connectivity index (χ1v) is 7.28. The number of benzene rings is 1. The van der Waals surface area contributed by atoms with Crippen LogP contribution in [0.5, 0.6) is 0 Å². The summed E-state index contributed by atoms with van der Waals surface area (Å²) < 4.78 is 40.1. The molecule has 1 aromatic carbocycles. The molecule has 0 unspecified atom stereocenters. The summed E-state index contributed by atoms with van der Waals surface area (Å²) >= 11 is 0. The minimum Gasteiger partial charge on any atom is -0.394 e. The zero-order valence-corrected chi connectivity index (χ0v) is 12.2. The number of amides is 1. The largest absolute Gasteiger partial charge is 0.394 e. The third kappa shape index (κ3) is 4.26. The van der Waals surface area contributed by atoms with Crippen LogP contribution >= 0.6 is 0 Å². The molecule has 20 heavy (non-hydrogen) atoms. The van der Waals surface area contributed by atoms with Crippen molar-refractivity contribution >= 4 is 21.6 Å². The number of halogens is 1. The molecule has 0 fully saturated rings. The Morgan fingerprint density at radius 3 is 2.45 bits per heavy atom. The van der Waals surface area contributed by atoms with Crippen LogP contribution < -0.4 is 10.0 Å². The molecule has 0 aliphatic heterocycles. The molecule has 0 saturated carbocycles. The Labute approximate surface area is 117 Å². The number of hydrogen-bond acceptors (Lipinski definition) is 4. The molecule has 0 radical (unpaired) electrons. The number of rotatable bonds is 5. The predicted molar refractivity (Wildman–Crippen MR) is 72.2 cm³/mol. The zero-order chi connectivity index (χ0) is 15.6. The van der Waals surface area contributed by atoms with E-state index in [1.807, 2.05) is 0 Å². The normalized spacial score (nSPS) is 12.2. The SMILES string of the molecule is CC(=O)Nc1ccc(S(=O)(=O)NC(C)(C)CO)c(F)c1. The summed E-state index contributed by atoms with van der Waals surface area (Å²) in [6.07, 6.45) is 0. The molecule has 1 amide bonds. The third-order valence-corrected chi connectivity index (χ3v) is 4.08. The lowest BCUT2D eigenvalue weighted by molar-refractivity contribution is -0.114. The number of carbonyl (C=O) groups excluding carboxylic acids is 1. The molecule has 3 N–H and O–H groups in total. The fraction of sp³-hybridized carbons (Fsp3) is 0.417. The van der Waals surface area contributed by atoms with Gasteiger partial charge in [-0.05, 0) is 32.0 Å². The highest BCUT2D eigenvalue weighted by molar-refractivity contribution is 7.89. The number of anilines is 1. The van der Waals surface area contributed by atoms with Crippen LogP contribution in [0.4, 0.5) is 10.1 Å². The van der Waals surface area contributed by atoms with Crippen LogP contribution in [-0.4, -0.2) is 31.6 Å². The van der Waals surface area contributed by atoms with E-state index in [-0.39, 0.29) is 11.6 Å². The van der Waals surface area contributed by atoms with Gasteiger partial charge in [-0.15, -0.1) is 0 Å². The molecular weight excluding hydrogens is 287 g/mol. The first kappa shape index (κ1) is 16.5. The summed E-state index contributed by atoms with van der Waals surface area (Å²) in [6.45, 7) is 3.76. The molecule has 0 aromatic heterocycles. The first-order chi connectivity index (χ1) is 9.07. The van der Waals surface area contributed by atoms with E-state index in [1.165, 1.54) is 26.8 Å². The van der Waals surface area contributed by atoms with Crippen molar-refractivity contribution in [3.8, 4) is 0 Å². The zero-order valence-electron chi connectivity index (χ0n) is 11.4. The number of hydrogen-bond donors (Lipinski definition) is 3. The second kappa shape index (κ2) is 5.86. The molecule has 0 heterocycles. The highest BCUT2D eigenvalue weighted by Gasteiger charge is 2.27. The van der Waals surface area contributed by atoms with Gasteiger partial charge < -0.3 is 10.4 Å². The molecule has 1 aromatic rings. The number of aliphatic hydroxyl groups excluding tert-OH is 1. The van der Waals surface area contributed by atoms with Gasteiger partial charge in [-0.2, -0.15) is 0 Å². The van der Waals surface area contributed by atoms with Gasteiger partial charge in [0.2, 0.25) is 15.9 Å². The van der Waals surface area contributed by atoms with Crippen molar-refractivity contribution in [2.24, 2.45) is 0 Å². The van der Waals surface area contributed by atoms with Crippen LogP contribution in [0, 0.1) is 5.82 Å². The van der Waals surface area contributed by atoms with E-state index < -0.39 is 32.9 Å². The van der Waals surface area contributed by atoms with Crippen molar-refractivity contribution in [3.05, 3.63) is 24.0 Å². The number of sulfonamides is 1. The average molecular weight is 304 g/mol. The maximum absolute atomic E-state index is 13.8. The lowest BCUT2D eigenvalue weighted by Gasteiger charge is -2.23. The van der Waals surface area contributed by atoms with Crippen molar-refractivity contribution in [2.45, 2.75) is 31.2 Å². The summed E-state index contributed by atoms with van der Waals surface area (Å²) in [4.78, 5) is 10.3. The Morgan fingerprint density at radius 2 is 2.00 bits per heavy atom. The van der Waals surface area contributed by atoms with E-state index in [0.717, 1.165) is 12.1 Å². The van der Waals surface area contributed by atoms with E-state index in [4.69, 9.17) is 5.11 Å². The summed E-state index contributed by atoms with van der Waals surface area (Å²) in [5, 5.41) is 11.4. The number of aliphatic hydroxyl groups is 1. The lowest BCUT2D eigenvalue weighted by Crippen LogP contribution is -2.46. The lowest BCUT2D eigenvalue weighted by atomic mass is 10.1. The molecular formula is C12H17FN2O4S. The Bertz CT molecular complexity index is 614. The molecule has 0 spiro atoms. The summed E-state index contributed by atoms with van der Waals surface area (Å²) in [6, 6.07) is 3.25. The maximum Gasteiger partial charge on any atom is 0.244 e. The van der Waals surface area contributed by atoms with Crippen molar-refractivity contribution in [3.63, 3.8) is 0 Å². The van der Waals surface area contributed by atoms with Gasteiger partial charge in [-0.1, -0.05) is 0 Å². The smallest absolute Gasteiger partial charge is 0.244 e. The van der Waals surface area contributed by atoms with Crippen molar-refractivity contribution in [2.75, 3.05) is 11.9 Å². The quantitative estimate of drug-likeness (QED) is 0.751. The monoisotopic (exact) mass is 304 g/mol. The van der Waals surface area contributed by atoms with Gasteiger partial charge in [-0.25, -0.2) is 17.5 Å². The number of nitrogens with one attached hydrogen (secondary N) is 2. The second-order valence-corrected chi connectivity index (χ2v) is 6.62. The Balaban J connectivity index is 3.11. The standard InChI is InChI=1S/C12H17FN2O4S/c1-8(17)14-9-4-5-11(10(13)6-9)20(18,19)15-12(2,3)7-16/h4-6,15-16H,7H2,1-3H3,(H,14,17). The topological polar surface area (TPSA) is 95.5 Å². The molecule has 0 atom stereocenters. The third-order valence-electron chi connectivity index (χ3n) is 2.35. The average Bonchev–Trinajstić information content (AvgIpc) is 2.26. The minimum absolute atomic E-state index is 0.162. The van der Waals surface area contributed by atoms with E-state index in [0.29, 0.717) is 0 Å². The van der Waals surface area contributed by atoms with Gasteiger partial charge in [0.1, 0.15) is 10.7 Å². The fourth-order valence-corrected chi connectivity index (χ4v) is 2.92. The van der Waals surface area contributed by atoms with Gasteiger partial charge in [0.25, 0.3) is 0 Å². The predicted octanol–water partition coefficient (Wildman–Crippen LogP) is 0.833. The molecule has 0 aliphatic rings. The van der Waals surface area contributed by atoms with Crippen LogP contribution in [0.3, 0.4) is 0 Å². The van der Waals surface area contributed by atoms with Gasteiger partial charge in [0.05, 0.1) is 12.1 Å². The molecule has 1 rings (SSSR count). The van der Waals surface area contributed by atoms with E-state index in [9.17, 15) is 17.6 Å². The van der Waals surface area contributed by atoms with Crippen molar-refractivity contribution in [1.82, 2.24) is 4.72 Å². The molecule has 112 valence electrons. The van der Waals surface area contributed by atoms with Gasteiger partial charge in [0, 0.05) is 12.6 Å². The van der Waals surface area contributed by atoms with Crippen LogP contribution in [-0.2, 0) is 14.8 Å². The number of carbonyl (C=O) groups is 1. The minimum atomic E-state index is -4.10. The van der Waals surface area contributed by atoms with Crippen molar-refractivity contribution in [1.29, 1.82) is 0 Å². The molecule has 8 heteroatoms. The summed E-state index contributed by atoms with van der Waals surface area (Å²) in [5.74, 6) is -1.38. The maximum atomic E-state index is 13.8. The summed E-state index contributed by atoms with van der Waals surface area (Å²) in [5.41, 5.74) is -0.947. The molecule has 0 aliphatic carbocycles. The van der Waals surface area contributed by atoms with Crippen LogP contribution in [0.25, 0.3) is 0 Å². The molecule has 0 saturated heterocycles. The van der Waals surface area contributed by atoms with Gasteiger partial charge >= 0.3 is 0 Å². The van der Waals surface area contributed by atoms with E-state index in [1.54, 1.807) is 0 Å². The van der Waals surface area contributed by atoms with Gasteiger partial charge in [-0.3, -0.25) is 4.79 Å². The highest BCUT2D eigenvalue weighted by atomic mass is 32.2. The molecule has 6 nitrogen and oxygen atoms in total. The van der Waals surface area contributed by atoms with Crippen LogP contribution in [0.1, 0.15) is 20.8 Å². The Morgan fingerprint density at radius 1 is 1.40 bits per heavy atom. The first-order valence-electron chi connectivity index (χ1n) is 5.79. The Kier molecular flexibility index (Phi) is 4.85. The van der Waals surface area contributed by atoms with Crippen molar-refractivity contribution < 1.29 is 22.7 Å². The fourth-order valence-electron chi connectivity index (χ4n) is 1.45. The summed E-state index contributed by atoms with van der Waals surface area (Å²) in [7, 11) is -4.10. The van der Waals surface area contributed by atoms with Crippen LogP contribution in [0.2, 0.25) is 0 Å².